The van der Waals surface area contributed by atoms with Crippen molar-refractivity contribution in [1.29, 1.82) is 0 Å². The van der Waals surface area contributed by atoms with E-state index in [0.717, 1.165) is 24.1 Å². The van der Waals surface area contributed by atoms with E-state index in [0.29, 0.717) is 16.3 Å². The maximum absolute atomic E-state index is 12.3. The summed E-state index contributed by atoms with van der Waals surface area (Å²) >= 11 is 1.33. The van der Waals surface area contributed by atoms with Crippen molar-refractivity contribution in [2.45, 2.75) is 51.0 Å². The predicted octanol–water partition coefficient (Wildman–Crippen LogP) is 2.41. The van der Waals surface area contributed by atoms with Gasteiger partial charge in [-0.25, -0.2) is 13.1 Å². The molecule has 1 fully saturated rings. The summed E-state index contributed by atoms with van der Waals surface area (Å²) in [6.45, 7) is 4.31. The monoisotopic (exact) mass is 303 g/mol. The van der Waals surface area contributed by atoms with E-state index in [9.17, 15) is 8.42 Å². The van der Waals surface area contributed by atoms with E-state index in [1.807, 2.05) is 0 Å². The van der Waals surface area contributed by atoms with Gasteiger partial charge in [-0.3, -0.25) is 0 Å². The molecule has 108 valence electrons. The Balaban J connectivity index is 2.11. The highest BCUT2D eigenvalue weighted by molar-refractivity contribution is 7.89. The van der Waals surface area contributed by atoms with Crippen molar-refractivity contribution in [2.24, 2.45) is 5.41 Å². The van der Waals surface area contributed by atoms with Gasteiger partial charge in [-0.15, -0.1) is 11.3 Å². The molecule has 0 spiro atoms. The molecule has 0 unspecified atom stereocenters. The summed E-state index contributed by atoms with van der Waals surface area (Å²) in [4.78, 5) is 1.73. The number of thiophene rings is 1. The van der Waals surface area contributed by atoms with Gasteiger partial charge in [0.2, 0.25) is 10.0 Å². The maximum Gasteiger partial charge on any atom is 0.241 e. The van der Waals surface area contributed by atoms with Crippen LogP contribution in [0, 0.1) is 12.3 Å². The second-order valence-corrected chi connectivity index (χ2v) is 8.40. The van der Waals surface area contributed by atoms with Gasteiger partial charge in [-0.05, 0) is 37.7 Å². The zero-order valence-corrected chi connectivity index (χ0v) is 13.0. The zero-order valence-electron chi connectivity index (χ0n) is 11.4. The van der Waals surface area contributed by atoms with Gasteiger partial charge in [0.1, 0.15) is 0 Å². The second-order valence-electron chi connectivity index (χ2n) is 5.32. The van der Waals surface area contributed by atoms with Crippen LogP contribution in [0.5, 0.6) is 0 Å². The fourth-order valence-corrected chi connectivity index (χ4v) is 5.18. The number of aliphatic hydroxyl groups is 1. The van der Waals surface area contributed by atoms with E-state index < -0.39 is 10.0 Å². The highest BCUT2D eigenvalue weighted by Crippen LogP contribution is 2.43. The molecule has 19 heavy (non-hydrogen) atoms. The molecule has 2 N–H and O–H groups in total. The Morgan fingerprint density at radius 1 is 1.47 bits per heavy atom. The highest BCUT2D eigenvalue weighted by Gasteiger charge is 2.36. The van der Waals surface area contributed by atoms with Crippen LogP contribution in [0.2, 0.25) is 0 Å². The van der Waals surface area contributed by atoms with E-state index in [-0.39, 0.29) is 12.0 Å². The van der Waals surface area contributed by atoms with Crippen molar-refractivity contribution in [3.8, 4) is 0 Å². The number of rotatable bonds is 6. The molecule has 0 saturated heterocycles. The molecule has 0 amide bonds. The first-order valence-corrected chi connectivity index (χ1v) is 8.92. The number of aliphatic hydroxyl groups excluding tert-OH is 1. The summed E-state index contributed by atoms with van der Waals surface area (Å²) in [6, 6.07) is 1.57. The van der Waals surface area contributed by atoms with Crippen LogP contribution >= 0.6 is 11.3 Å². The van der Waals surface area contributed by atoms with Gasteiger partial charge < -0.3 is 5.11 Å². The molecule has 1 aliphatic rings. The van der Waals surface area contributed by atoms with Gasteiger partial charge in [-0.1, -0.05) is 13.3 Å². The Morgan fingerprint density at radius 3 is 2.58 bits per heavy atom. The molecule has 1 aromatic rings. The van der Waals surface area contributed by atoms with Crippen LogP contribution in [0.1, 0.15) is 42.4 Å². The summed E-state index contributed by atoms with van der Waals surface area (Å²) < 4.78 is 27.3. The fraction of sp³-hybridized carbons (Fsp3) is 0.692. The number of hydrogen-bond acceptors (Lipinski definition) is 4. The molecule has 0 bridgehead atoms. The van der Waals surface area contributed by atoms with Crippen LogP contribution in [0.25, 0.3) is 0 Å². The van der Waals surface area contributed by atoms with Crippen LogP contribution in [-0.2, 0) is 16.6 Å². The van der Waals surface area contributed by atoms with Gasteiger partial charge in [0, 0.05) is 16.3 Å². The number of hydrogen-bond donors (Lipinski definition) is 2. The summed E-state index contributed by atoms with van der Waals surface area (Å²) in [5.74, 6) is 0. The molecular formula is C13H21NO3S2. The molecule has 1 aliphatic carbocycles. The van der Waals surface area contributed by atoms with Crippen molar-refractivity contribution >= 4 is 21.4 Å². The molecule has 0 aliphatic heterocycles. The van der Waals surface area contributed by atoms with E-state index in [1.165, 1.54) is 17.8 Å². The molecule has 6 heteroatoms. The smallest absolute Gasteiger partial charge is 0.241 e. The minimum absolute atomic E-state index is 0.111. The van der Waals surface area contributed by atoms with E-state index >= 15 is 0 Å². The standard InChI is InChI=1S/C13H21NO3S2/c1-3-13(5-4-6-13)9-14-19(16,17)12-7-11(8-15)18-10(12)2/h7,14-15H,3-6,8-9H2,1-2H3. The summed E-state index contributed by atoms with van der Waals surface area (Å²) in [5, 5.41) is 9.08. The Labute approximate surface area is 118 Å². The average molecular weight is 303 g/mol. The van der Waals surface area contributed by atoms with E-state index in [1.54, 1.807) is 13.0 Å². The maximum atomic E-state index is 12.3. The predicted molar refractivity (Wildman–Crippen MR) is 76.7 cm³/mol. The Kier molecular flexibility index (Phi) is 4.35. The Bertz CT molecular complexity index is 539. The average Bonchev–Trinajstić information content (AvgIpc) is 2.70. The highest BCUT2D eigenvalue weighted by atomic mass is 32.2. The number of sulfonamides is 1. The zero-order chi connectivity index (χ0) is 14.1. The van der Waals surface area contributed by atoms with Gasteiger partial charge in [0.25, 0.3) is 0 Å². The second kappa shape index (κ2) is 5.52. The SMILES string of the molecule is CCC1(CNS(=O)(=O)c2cc(CO)sc2C)CCC1. The van der Waals surface area contributed by atoms with Crippen LogP contribution in [0.4, 0.5) is 0 Å². The van der Waals surface area contributed by atoms with Crippen LogP contribution in [0.3, 0.4) is 0 Å². The minimum atomic E-state index is -3.45. The van der Waals surface area contributed by atoms with Gasteiger partial charge in [-0.2, -0.15) is 0 Å². The van der Waals surface area contributed by atoms with Crippen LogP contribution in [0.15, 0.2) is 11.0 Å². The third-order valence-corrected chi connectivity index (χ3v) is 6.86. The number of aryl methyl sites for hydroxylation is 1. The largest absolute Gasteiger partial charge is 0.391 e. The first kappa shape index (κ1) is 15.0. The fourth-order valence-electron chi connectivity index (χ4n) is 2.53. The van der Waals surface area contributed by atoms with Crippen LogP contribution in [-0.4, -0.2) is 20.1 Å². The first-order chi connectivity index (χ1) is 8.92. The molecule has 0 atom stereocenters. The topological polar surface area (TPSA) is 66.4 Å². The lowest BCUT2D eigenvalue weighted by atomic mass is 9.67. The van der Waals surface area contributed by atoms with Crippen molar-refractivity contribution in [3.63, 3.8) is 0 Å². The molecule has 1 aromatic heterocycles. The molecule has 0 radical (unpaired) electrons. The molecular weight excluding hydrogens is 282 g/mol. The van der Waals surface area contributed by atoms with Crippen molar-refractivity contribution < 1.29 is 13.5 Å². The van der Waals surface area contributed by atoms with Crippen molar-refractivity contribution in [2.75, 3.05) is 6.54 Å². The van der Waals surface area contributed by atoms with Crippen LogP contribution < -0.4 is 4.72 Å². The van der Waals surface area contributed by atoms with Crippen molar-refractivity contribution in [3.05, 3.63) is 15.8 Å². The normalized spacial score (nSPS) is 18.3. The third-order valence-electron chi connectivity index (χ3n) is 4.17. The van der Waals surface area contributed by atoms with Crippen molar-refractivity contribution in [1.82, 2.24) is 4.72 Å². The van der Waals surface area contributed by atoms with Gasteiger partial charge >= 0.3 is 0 Å². The Morgan fingerprint density at radius 2 is 2.16 bits per heavy atom. The summed E-state index contributed by atoms with van der Waals surface area (Å²) in [6.07, 6.45) is 4.43. The molecule has 0 aromatic carbocycles. The molecule has 2 rings (SSSR count). The van der Waals surface area contributed by atoms with E-state index in [2.05, 4.69) is 11.6 Å². The summed E-state index contributed by atoms with van der Waals surface area (Å²) in [7, 11) is -3.45. The first-order valence-electron chi connectivity index (χ1n) is 6.62. The number of nitrogens with one attached hydrogen (secondary N) is 1. The Hall–Kier alpha value is -0.430. The molecule has 1 saturated carbocycles. The van der Waals surface area contributed by atoms with Gasteiger partial charge in [0.15, 0.2) is 0 Å². The minimum Gasteiger partial charge on any atom is -0.391 e. The van der Waals surface area contributed by atoms with Gasteiger partial charge in [0.05, 0.1) is 11.5 Å². The molecule has 1 heterocycles. The lowest BCUT2D eigenvalue weighted by molar-refractivity contribution is 0.133. The summed E-state index contributed by atoms with van der Waals surface area (Å²) in [5.41, 5.74) is 0.163. The quantitative estimate of drug-likeness (QED) is 0.848. The lowest BCUT2D eigenvalue weighted by Gasteiger charge is -2.41. The van der Waals surface area contributed by atoms with E-state index in [4.69, 9.17) is 5.11 Å². The lowest BCUT2D eigenvalue weighted by Crippen LogP contribution is -2.41. The third kappa shape index (κ3) is 3.02. The molecule has 4 nitrogen and oxygen atoms in total.